The quantitative estimate of drug-likeness (QED) is 0.0275. The van der Waals surface area contributed by atoms with Gasteiger partial charge >= 0.3 is 11.9 Å². The lowest BCUT2D eigenvalue weighted by Crippen LogP contribution is -2.61. The van der Waals surface area contributed by atoms with Crippen LogP contribution in [0.4, 0.5) is 0 Å². The Kier molecular flexibility index (Phi) is 24.9. The molecule has 0 amide bonds. The number of hydrogen-bond acceptors (Lipinski definition) is 7. The van der Waals surface area contributed by atoms with Gasteiger partial charge in [-0.2, -0.15) is 0 Å². The zero-order valence-electron chi connectivity index (χ0n) is 50.2. The molecule has 0 aliphatic heterocycles. The van der Waals surface area contributed by atoms with Crippen molar-refractivity contribution < 1.29 is 32.7 Å². The third-order valence-corrected chi connectivity index (χ3v) is 19.4. The van der Waals surface area contributed by atoms with Crippen molar-refractivity contribution in [1.82, 2.24) is 0 Å². The van der Waals surface area contributed by atoms with Gasteiger partial charge < -0.3 is 23.1 Å². The van der Waals surface area contributed by atoms with Crippen molar-refractivity contribution in [2.24, 2.45) is 11.3 Å². The van der Waals surface area contributed by atoms with Gasteiger partial charge in [-0.05, 0) is 191 Å². The van der Waals surface area contributed by atoms with Crippen LogP contribution >= 0.6 is 0 Å². The molecule has 0 saturated heterocycles. The summed E-state index contributed by atoms with van der Waals surface area (Å²) in [5, 5.41) is 0.239. The Labute approximate surface area is 462 Å². The second kappa shape index (κ2) is 29.3. The number of unbranched alkanes of at least 4 members (excludes halogenated alkanes) is 3. The molecule has 3 aromatic carbocycles. The molecular formula is C66H104O7Si2. The van der Waals surface area contributed by atoms with E-state index in [2.05, 4.69) is 158 Å². The lowest BCUT2D eigenvalue weighted by atomic mass is 9.59. The van der Waals surface area contributed by atoms with Gasteiger partial charge in [-0.3, -0.25) is 0 Å². The Morgan fingerprint density at radius 3 is 1.53 bits per heavy atom. The van der Waals surface area contributed by atoms with Crippen molar-refractivity contribution in [2.45, 2.75) is 240 Å². The van der Waals surface area contributed by atoms with Gasteiger partial charge in [-0.25, -0.2) is 9.59 Å². The highest BCUT2D eigenvalue weighted by Gasteiger charge is 2.56. The maximum absolute atomic E-state index is 12.6. The fourth-order valence-corrected chi connectivity index (χ4v) is 13.4. The van der Waals surface area contributed by atoms with E-state index in [1.165, 1.54) is 73.6 Å². The predicted molar refractivity (Wildman–Crippen MR) is 323 cm³/mol. The summed E-state index contributed by atoms with van der Waals surface area (Å²) in [4.78, 5) is 25.1. The molecule has 3 aromatic rings. The molecule has 0 radical (unpaired) electrons. The Morgan fingerprint density at radius 2 is 1.07 bits per heavy atom. The van der Waals surface area contributed by atoms with E-state index in [1.54, 1.807) is 13.8 Å². The standard InChI is InChI=1S/C66H104O7Si2/c1-18-21-23-26-49-29-31-51(32-30-49)52-33-35-53(36-34-52)58-38-37-54(44-50(58)20-3)57-45-55(27-24-41-70-60(67)47(4)5)59(56(46-57)28-25-42-71-61(68)48(6)7)69-43-40-66(39-22-19-2,64(14,15)72-74-62(8,9)10)65(16,17)73-75-63(11,12)13/h33-38,44-46,49,51H,4,6,18-32,39-43,74-75H2,1-3,5,7-17H3. The highest BCUT2D eigenvalue weighted by atomic mass is 28.2. The Morgan fingerprint density at radius 1 is 0.573 bits per heavy atom. The normalized spacial score (nSPS) is 16.6. The first-order chi connectivity index (χ1) is 35.3. The van der Waals surface area contributed by atoms with Gasteiger partial charge in [-0.1, -0.05) is 156 Å². The number of carbonyl (C=O) groups is 2. The molecule has 0 aromatic heterocycles. The number of aryl methyl sites for hydroxylation is 3. The van der Waals surface area contributed by atoms with Crippen molar-refractivity contribution in [3.8, 4) is 28.0 Å². The second-order valence-electron chi connectivity index (χ2n) is 25.7. The van der Waals surface area contributed by atoms with Gasteiger partial charge in [0.25, 0.3) is 0 Å². The number of benzene rings is 3. The number of hydrogen-bond donors (Lipinski definition) is 0. The van der Waals surface area contributed by atoms with E-state index in [9.17, 15) is 9.59 Å². The van der Waals surface area contributed by atoms with Crippen LogP contribution < -0.4 is 4.74 Å². The Hall–Kier alpha value is -3.77. The van der Waals surface area contributed by atoms with Gasteiger partial charge in [-0.15, -0.1) is 0 Å². The van der Waals surface area contributed by atoms with E-state index in [0.29, 0.717) is 49.4 Å². The molecule has 0 N–H and O–H groups in total. The summed E-state index contributed by atoms with van der Waals surface area (Å²) in [5.74, 6) is 1.65. The second-order valence-corrected chi connectivity index (χ2v) is 31.1. The van der Waals surface area contributed by atoms with Crippen molar-refractivity contribution in [1.29, 1.82) is 0 Å². The van der Waals surface area contributed by atoms with Crippen molar-refractivity contribution in [3.63, 3.8) is 0 Å². The summed E-state index contributed by atoms with van der Waals surface area (Å²) in [6, 6.07) is 21.0. The molecule has 9 heteroatoms. The topological polar surface area (TPSA) is 80.3 Å². The largest absolute Gasteiger partial charge is 0.493 e. The molecule has 1 fully saturated rings. The summed E-state index contributed by atoms with van der Waals surface area (Å²) in [6.07, 6.45) is 18.0. The van der Waals surface area contributed by atoms with Crippen LogP contribution in [-0.2, 0) is 47.2 Å². The average Bonchev–Trinajstić information content (AvgIpc) is 3.36. The minimum atomic E-state index is -0.921. The summed E-state index contributed by atoms with van der Waals surface area (Å²) >= 11 is 0. The highest BCUT2D eigenvalue weighted by Crippen LogP contribution is 2.53. The van der Waals surface area contributed by atoms with E-state index >= 15 is 0 Å². The lowest BCUT2D eigenvalue weighted by molar-refractivity contribution is -0.158. The SMILES string of the molecule is C=C(C)C(=O)OCCCc1cc(-c2ccc(-c3ccc(C4CCC(CCCCC)CC4)cc3)c(CC)c2)cc(CCCOC(=O)C(=C)C)c1OCCC(CCCC)(C(C)(C)O[SiH2]C(C)(C)C)C(C)(C)O[SiH2]C(C)(C)C. The molecular weight excluding hydrogens is 961 g/mol. The number of carbonyl (C=O) groups excluding carboxylic acids is 2. The van der Waals surface area contributed by atoms with Crippen LogP contribution in [0.25, 0.3) is 22.3 Å². The van der Waals surface area contributed by atoms with E-state index in [4.69, 9.17) is 23.1 Å². The maximum atomic E-state index is 12.6. The Bertz CT molecular complexity index is 2200. The van der Waals surface area contributed by atoms with E-state index in [-0.39, 0.29) is 40.6 Å². The lowest BCUT2D eigenvalue weighted by Gasteiger charge is -2.57. The summed E-state index contributed by atoms with van der Waals surface area (Å²) < 4.78 is 33.0. The fourth-order valence-electron chi connectivity index (χ4n) is 11.3. The smallest absolute Gasteiger partial charge is 0.333 e. The molecule has 0 bridgehead atoms. The number of rotatable bonds is 31. The first-order valence-corrected chi connectivity index (χ1v) is 31.8. The number of ether oxygens (including phenoxy) is 3. The summed E-state index contributed by atoms with van der Waals surface area (Å²) in [7, 11) is -1.84. The van der Waals surface area contributed by atoms with E-state index < -0.39 is 30.7 Å². The van der Waals surface area contributed by atoms with Crippen molar-refractivity contribution >= 4 is 31.5 Å². The van der Waals surface area contributed by atoms with E-state index in [1.807, 2.05) is 0 Å². The minimum absolute atomic E-state index is 0.119. The van der Waals surface area contributed by atoms with E-state index in [0.717, 1.165) is 66.0 Å². The summed E-state index contributed by atoms with van der Waals surface area (Å²) in [6.45, 7) is 41.8. The molecule has 1 saturated carbocycles. The molecule has 0 atom stereocenters. The van der Waals surface area contributed by atoms with Crippen molar-refractivity contribution in [2.75, 3.05) is 19.8 Å². The van der Waals surface area contributed by atoms with Crippen LogP contribution in [0.2, 0.25) is 10.1 Å². The number of esters is 2. The van der Waals surface area contributed by atoms with Crippen LogP contribution in [0, 0.1) is 11.3 Å². The minimum Gasteiger partial charge on any atom is -0.493 e. The van der Waals surface area contributed by atoms with Crippen LogP contribution in [0.3, 0.4) is 0 Å². The van der Waals surface area contributed by atoms with Gasteiger partial charge in [0.2, 0.25) is 0 Å². The molecule has 418 valence electrons. The molecule has 1 aliphatic rings. The summed E-state index contributed by atoms with van der Waals surface area (Å²) in [5.41, 5.74) is 9.10. The first kappa shape index (κ1) is 63.8. The predicted octanol–water partition coefficient (Wildman–Crippen LogP) is 16.7. The van der Waals surface area contributed by atoms with Crippen LogP contribution in [0.5, 0.6) is 5.75 Å². The fraction of sp³-hybridized carbons (Fsp3) is 0.636. The molecule has 4 rings (SSSR count). The molecule has 1 aliphatic carbocycles. The van der Waals surface area contributed by atoms with Crippen LogP contribution in [-0.4, -0.2) is 62.5 Å². The van der Waals surface area contributed by atoms with Crippen molar-refractivity contribution in [3.05, 3.63) is 101 Å². The van der Waals surface area contributed by atoms with Gasteiger partial charge in [0.15, 0.2) is 19.5 Å². The van der Waals surface area contributed by atoms with Gasteiger partial charge in [0.1, 0.15) is 5.75 Å². The van der Waals surface area contributed by atoms with Gasteiger partial charge in [0, 0.05) is 16.6 Å². The highest BCUT2D eigenvalue weighted by molar-refractivity contribution is 6.32. The van der Waals surface area contributed by atoms with Crippen LogP contribution in [0.15, 0.2) is 78.9 Å². The van der Waals surface area contributed by atoms with Gasteiger partial charge in [0.05, 0.1) is 31.0 Å². The maximum Gasteiger partial charge on any atom is 0.333 e. The first-order valence-electron chi connectivity index (χ1n) is 29.2. The molecule has 7 nitrogen and oxygen atoms in total. The average molecular weight is 1070 g/mol. The molecule has 0 unspecified atom stereocenters. The van der Waals surface area contributed by atoms with Crippen LogP contribution in [0.1, 0.15) is 222 Å². The molecule has 75 heavy (non-hydrogen) atoms. The monoisotopic (exact) mass is 1060 g/mol. The zero-order valence-corrected chi connectivity index (χ0v) is 53.0. The zero-order chi connectivity index (χ0) is 55.6. The molecule has 0 spiro atoms. The third-order valence-electron chi connectivity index (χ3n) is 15.9. The molecule has 0 heterocycles. The third kappa shape index (κ3) is 19.3. The Balaban J connectivity index is 1.79.